The van der Waals surface area contributed by atoms with E-state index in [0.717, 1.165) is 63.1 Å². The highest BCUT2D eigenvalue weighted by molar-refractivity contribution is 5.38. The van der Waals surface area contributed by atoms with Crippen LogP contribution in [-0.2, 0) is 29.2 Å². The molecule has 3 aliphatic rings. The van der Waals surface area contributed by atoms with Gasteiger partial charge in [-0.25, -0.2) is 4.98 Å². The number of likely N-dealkylation sites (tertiary alicyclic amines) is 2. The molecule has 3 aliphatic heterocycles. The Hall–Kier alpha value is -3.28. The number of carboxylic acid groups (broad SMARTS) is 2. The van der Waals surface area contributed by atoms with Crippen LogP contribution in [0.15, 0.2) is 35.3 Å². The maximum Gasteiger partial charge on any atom is 0.290 e. The average molecular weight is 502 g/mol. The lowest BCUT2D eigenvalue weighted by atomic mass is 9.82. The Bertz CT molecular complexity index is 1070. The first-order chi connectivity index (χ1) is 17.4. The van der Waals surface area contributed by atoms with Crippen molar-refractivity contribution in [2.75, 3.05) is 32.0 Å². The summed E-state index contributed by atoms with van der Waals surface area (Å²) in [4.78, 5) is 38.9. The van der Waals surface area contributed by atoms with Crippen LogP contribution in [0.1, 0.15) is 42.0 Å². The minimum atomic E-state index is -0.250. The van der Waals surface area contributed by atoms with E-state index in [4.69, 9.17) is 25.5 Å². The van der Waals surface area contributed by atoms with E-state index in [1.807, 2.05) is 16.7 Å². The Morgan fingerprint density at radius 3 is 2.50 bits per heavy atom. The average Bonchev–Trinajstić information content (AvgIpc) is 3.31. The molecule has 196 valence electrons. The van der Waals surface area contributed by atoms with E-state index in [2.05, 4.69) is 26.9 Å². The molecular weight excluding hydrogens is 466 g/mol. The van der Waals surface area contributed by atoms with Crippen molar-refractivity contribution in [3.63, 3.8) is 0 Å². The van der Waals surface area contributed by atoms with E-state index in [0.29, 0.717) is 24.2 Å². The molecule has 5 N–H and O–H groups in total. The summed E-state index contributed by atoms with van der Waals surface area (Å²) < 4.78 is 2.04. The molecule has 5 rings (SSSR count). The van der Waals surface area contributed by atoms with Gasteiger partial charge >= 0.3 is 0 Å². The fourth-order valence-corrected chi connectivity index (χ4v) is 5.69. The molecule has 36 heavy (non-hydrogen) atoms. The van der Waals surface area contributed by atoms with Gasteiger partial charge in [0.2, 0.25) is 0 Å². The van der Waals surface area contributed by atoms with Gasteiger partial charge in [0.15, 0.2) is 0 Å². The first-order valence-electron chi connectivity index (χ1n) is 12.1. The van der Waals surface area contributed by atoms with Gasteiger partial charge in [-0.15, -0.1) is 0 Å². The van der Waals surface area contributed by atoms with E-state index in [1.54, 1.807) is 6.20 Å². The number of anilines is 1. The number of nitrogens with two attached hydrogens (primary N) is 1. The lowest BCUT2D eigenvalue weighted by Gasteiger charge is -2.43. The number of piperidine rings is 1. The summed E-state index contributed by atoms with van der Waals surface area (Å²) in [6.07, 6.45) is 4.99. The Kier molecular flexibility index (Phi) is 9.97. The van der Waals surface area contributed by atoms with E-state index in [1.165, 1.54) is 5.69 Å². The molecule has 2 aromatic heterocycles. The Labute approximate surface area is 209 Å². The Balaban J connectivity index is 0.000000550. The van der Waals surface area contributed by atoms with E-state index in [9.17, 15) is 9.90 Å². The minimum Gasteiger partial charge on any atom is -0.483 e. The fourth-order valence-electron chi connectivity index (χ4n) is 5.69. The van der Waals surface area contributed by atoms with E-state index >= 15 is 0 Å². The smallest absolute Gasteiger partial charge is 0.290 e. The molecule has 0 spiro atoms. The Morgan fingerprint density at radius 2 is 1.81 bits per heavy atom. The number of hydrogen-bond donors (Lipinski definition) is 4. The van der Waals surface area contributed by atoms with Crippen LogP contribution in [-0.4, -0.2) is 79.9 Å². The summed E-state index contributed by atoms with van der Waals surface area (Å²) in [6.45, 7) is 4.82. The number of hydrogen-bond acceptors (Lipinski definition) is 8. The van der Waals surface area contributed by atoms with Crippen molar-refractivity contribution >= 4 is 18.8 Å². The van der Waals surface area contributed by atoms with Crippen LogP contribution in [0.5, 0.6) is 0 Å². The second-order valence-electron chi connectivity index (χ2n) is 9.40. The standard InChI is InChI=1S/C23H31N5O2.2CH2O2/c24-22-17(3-1-7-25-22)12-26-10-16-9-19(13-26)21-6-5-18(23(30)28(21)11-16)14-27-8-2-4-20(27)15-29;2*2-1-3/h1,3,5-7,16,19-20,29H,2,4,8-15H2,(H2,24,25);2*1H,(H,2,3)/t16-,19+,20+;;/m0../s1. The quantitative estimate of drug-likeness (QED) is 0.431. The van der Waals surface area contributed by atoms with Crippen LogP contribution < -0.4 is 11.3 Å². The van der Waals surface area contributed by atoms with Gasteiger partial charge in [-0.3, -0.25) is 24.2 Å². The zero-order valence-electron chi connectivity index (χ0n) is 20.3. The first kappa shape index (κ1) is 27.3. The van der Waals surface area contributed by atoms with Crippen LogP contribution in [0, 0.1) is 5.92 Å². The lowest BCUT2D eigenvalue weighted by molar-refractivity contribution is -0.123. The molecule has 0 unspecified atom stereocenters. The van der Waals surface area contributed by atoms with Crippen LogP contribution in [0.25, 0.3) is 0 Å². The fraction of sp³-hybridized carbons (Fsp3) is 0.520. The molecule has 3 atom stereocenters. The van der Waals surface area contributed by atoms with Crippen LogP contribution in [0.4, 0.5) is 5.82 Å². The molecule has 11 nitrogen and oxygen atoms in total. The van der Waals surface area contributed by atoms with Gasteiger partial charge in [-0.2, -0.15) is 0 Å². The Morgan fingerprint density at radius 1 is 1.06 bits per heavy atom. The third kappa shape index (κ3) is 6.48. The predicted octanol–water partition coefficient (Wildman–Crippen LogP) is 0.803. The van der Waals surface area contributed by atoms with Crippen molar-refractivity contribution in [1.29, 1.82) is 0 Å². The van der Waals surface area contributed by atoms with E-state index < -0.39 is 0 Å². The van der Waals surface area contributed by atoms with Crippen molar-refractivity contribution in [3.8, 4) is 0 Å². The van der Waals surface area contributed by atoms with Gasteiger partial charge in [0.1, 0.15) is 5.82 Å². The van der Waals surface area contributed by atoms with Gasteiger partial charge in [-0.1, -0.05) is 12.1 Å². The number of nitrogens with zero attached hydrogens (tertiary/aromatic N) is 4. The monoisotopic (exact) mass is 501 g/mol. The summed E-state index contributed by atoms with van der Waals surface area (Å²) in [5.41, 5.74) is 9.32. The first-order valence-corrected chi connectivity index (χ1v) is 12.1. The number of aromatic nitrogens is 2. The maximum atomic E-state index is 13.3. The molecule has 5 heterocycles. The zero-order chi connectivity index (χ0) is 26.1. The second-order valence-corrected chi connectivity index (χ2v) is 9.40. The normalized spacial score (nSPS) is 22.9. The summed E-state index contributed by atoms with van der Waals surface area (Å²) in [5.74, 6) is 1.48. The highest BCUT2D eigenvalue weighted by atomic mass is 16.3. The third-order valence-electron chi connectivity index (χ3n) is 7.16. The van der Waals surface area contributed by atoms with Crippen LogP contribution in [0.2, 0.25) is 0 Å². The van der Waals surface area contributed by atoms with Gasteiger partial charge in [-0.05, 0) is 43.9 Å². The molecule has 2 bridgehead atoms. The van der Waals surface area contributed by atoms with Gasteiger partial charge in [0.05, 0.1) is 6.61 Å². The SMILES string of the molecule is Nc1ncccc1CN1C[C@@H]2C[C@H](C1)c1ccc(CN3CCC[C@@H]3CO)c(=O)n1C2.O=CO.O=CO. The molecule has 0 radical (unpaired) electrons. The van der Waals surface area contributed by atoms with Gasteiger partial charge < -0.3 is 25.6 Å². The number of rotatable bonds is 5. The molecular formula is C25H35N5O6. The summed E-state index contributed by atoms with van der Waals surface area (Å²) in [7, 11) is 0. The van der Waals surface area contributed by atoms with Crippen LogP contribution in [0.3, 0.4) is 0 Å². The molecule has 11 heteroatoms. The second kappa shape index (κ2) is 13.1. The molecule has 0 aliphatic carbocycles. The molecule has 0 aromatic carbocycles. The zero-order valence-corrected chi connectivity index (χ0v) is 20.3. The van der Waals surface area contributed by atoms with Crippen molar-refractivity contribution in [2.24, 2.45) is 5.92 Å². The highest BCUT2D eigenvalue weighted by Crippen LogP contribution is 2.36. The topological polar surface area (TPSA) is 162 Å². The lowest BCUT2D eigenvalue weighted by Crippen LogP contribution is -2.47. The molecule has 2 fully saturated rings. The van der Waals surface area contributed by atoms with Crippen molar-refractivity contribution < 1.29 is 24.9 Å². The van der Waals surface area contributed by atoms with Crippen molar-refractivity contribution in [3.05, 3.63) is 57.6 Å². The number of pyridine rings is 2. The third-order valence-corrected chi connectivity index (χ3v) is 7.16. The van der Waals surface area contributed by atoms with Crippen molar-refractivity contribution in [2.45, 2.75) is 50.9 Å². The van der Waals surface area contributed by atoms with Crippen molar-refractivity contribution in [1.82, 2.24) is 19.4 Å². The number of carbonyl (C=O) groups is 2. The van der Waals surface area contributed by atoms with Gasteiger partial charge in [0, 0.05) is 67.7 Å². The van der Waals surface area contributed by atoms with E-state index in [-0.39, 0.29) is 31.2 Å². The predicted molar refractivity (Wildman–Crippen MR) is 133 cm³/mol. The minimum absolute atomic E-state index is 0.163. The maximum absolute atomic E-state index is 13.3. The number of aliphatic hydroxyl groups is 1. The summed E-state index contributed by atoms with van der Waals surface area (Å²) >= 11 is 0. The molecule has 0 amide bonds. The molecule has 2 saturated heterocycles. The van der Waals surface area contributed by atoms with Gasteiger partial charge in [0.25, 0.3) is 18.5 Å². The number of aliphatic hydroxyl groups excluding tert-OH is 1. The number of nitrogen functional groups attached to an aromatic ring is 1. The molecule has 2 aromatic rings. The molecule has 0 saturated carbocycles. The largest absolute Gasteiger partial charge is 0.483 e. The summed E-state index contributed by atoms with van der Waals surface area (Å²) in [5, 5.41) is 23.4. The highest BCUT2D eigenvalue weighted by Gasteiger charge is 2.35. The summed E-state index contributed by atoms with van der Waals surface area (Å²) in [6, 6.07) is 8.38. The number of fused-ring (bicyclic) bond motifs is 4. The van der Waals surface area contributed by atoms with Crippen LogP contribution >= 0.6 is 0 Å².